The summed E-state index contributed by atoms with van der Waals surface area (Å²) in [5, 5.41) is 14.6. The molecule has 1 N–H and O–H groups in total. The van der Waals surface area contributed by atoms with Crippen molar-refractivity contribution in [1.29, 1.82) is 0 Å². The Morgan fingerprint density at radius 1 is 1.16 bits per heavy atom. The highest BCUT2D eigenvalue weighted by Gasteiger charge is 2.33. The van der Waals surface area contributed by atoms with Crippen LogP contribution in [0, 0.1) is 0 Å². The molecule has 2 aromatic carbocycles. The molecule has 0 saturated heterocycles. The van der Waals surface area contributed by atoms with Gasteiger partial charge in [0.15, 0.2) is 0 Å². The fourth-order valence-electron chi connectivity index (χ4n) is 4.18. The molecule has 0 spiro atoms. The Morgan fingerprint density at radius 3 is 2.66 bits per heavy atom. The van der Waals surface area contributed by atoms with E-state index >= 15 is 0 Å². The summed E-state index contributed by atoms with van der Waals surface area (Å²) in [5.74, 6) is -1.02. The van der Waals surface area contributed by atoms with Crippen LogP contribution in [-0.2, 0) is 11.2 Å². The maximum atomic E-state index is 13.5. The maximum absolute atomic E-state index is 13.5. The summed E-state index contributed by atoms with van der Waals surface area (Å²) in [6, 6.07) is 16.6. The Labute approximate surface area is 192 Å². The fraction of sp³-hybridized carbons (Fsp3) is 0.320. The molecule has 1 amide bonds. The predicted molar refractivity (Wildman–Crippen MR) is 125 cm³/mol. The zero-order valence-electron chi connectivity index (χ0n) is 18.0. The molecule has 0 bridgehead atoms. The molecule has 1 atom stereocenters. The SMILES string of the molecule is CCCCCC1CN(c2cccc(CC(=O)O)c2)C(=O)c2cc(-c3ccc(Cl)cc3)nn21. The standard InChI is InChI=1S/C25H26ClN3O3/c1-2-3-4-7-21-16-28(20-8-5-6-17(13-20)14-24(30)31)25(32)23-15-22(27-29(21)23)18-9-11-19(26)12-10-18/h5-6,8-13,15,21H,2-4,7,14,16H2,1H3,(H,30,31). The van der Waals surface area contributed by atoms with Gasteiger partial charge >= 0.3 is 5.97 Å². The quantitative estimate of drug-likeness (QED) is 0.451. The summed E-state index contributed by atoms with van der Waals surface area (Å²) in [7, 11) is 0. The third-order valence-corrected chi connectivity index (χ3v) is 6.05. The zero-order valence-corrected chi connectivity index (χ0v) is 18.8. The van der Waals surface area contributed by atoms with E-state index < -0.39 is 5.97 Å². The molecule has 0 saturated carbocycles. The number of aliphatic carboxylic acids is 1. The number of halogens is 1. The number of carboxylic acid groups (broad SMARTS) is 1. The Hall–Kier alpha value is -3.12. The van der Waals surface area contributed by atoms with Crippen LogP contribution >= 0.6 is 11.6 Å². The molecular weight excluding hydrogens is 426 g/mol. The normalized spacial score (nSPS) is 15.6. The van der Waals surface area contributed by atoms with Crippen molar-refractivity contribution < 1.29 is 14.7 Å². The topological polar surface area (TPSA) is 75.4 Å². The van der Waals surface area contributed by atoms with Crippen molar-refractivity contribution in [1.82, 2.24) is 9.78 Å². The second kappa shape index (κ2) is 9.57. The summed E-state index contributed by atoms with van der Waals surface area (Å²) >= 11 is 6.03. The van der Waals surface area contributed by atoms with Crippen LogP contribution in [0.4, 0.5) is 5.69 Å². The lowest BCUT2D eigenvalue weighted by atomic mass is 10.0. The second-order valence-electron chi connectivity index (χ2n) is 8.17. The average Bonchev–Trinajstić information content (AvgIpc) is 3.22. The van der Waals surface area contributed by atoms with E-state index in [-0.39, 0.29) is 18.4 Å². The molecule has 0 aliphatic carbocycles. The Bertz CT molecular complexity index is 1120. The minimum absolute atomic E-state index is 0.0541. The molecule has 0 fully saturated rings. The van der Waals surface area contributed by atoms with E-state index in [4.69, 9.17) is 21.8 Å². The summed E-state index contributed by atoms with van der Waals surface area (Å²) in [6.45, 7) is 2.68. The number of rotatable bonds is 8. The van der Waals surface area contributed by atoms with Gasteiger partial charge in [-0.15, -0.1) is 0 Å². The van der Waals surface area contributed by atoms with Crippen LogP contribution in [0.5, 0.6) is 0 Å². The van der Waals surface area contributed by atoms with Crippen LogP contribution in [0.25, 0.3) is 11.3 Å². The van der Waals surface area contributed by atoms with Crippen molar-refractivity contribution in [3.63, 3.8) is 0 Å². The summed E-state index contributed by atoms with van der Waals surface area (Å²) < 4.78 is 1.87. The highest BCUT2D eigenvalue weighted by atomic mass is 35.5. The molecule has 6 nitrogen and oxygen atoms in total. The number of hydrogen-bond acceptors (Lipinski definition) is 3. The van der Waals surface area contributed by atoms with Gasteiger partial charge in [-0.1, -0.05) is 62.1 Å². The summed E-state index contributed by atoms with van der Waals surface area (Å²) in [4.78, 5) is 26.3. The van der Waals surface area contributed by atoms with Crippen molar-refractivity contribution >= 4 is 29.2 Å². The lowest BCUT2D eigenvalue weighted by molar-refractivity contribution is -0.136. The van der Waals surface area contributed by atoms with Gasteiger partial charge in [-0.2, -0.15) is 5.10 Å². The van der Waals surface area contributed by atoms with Gasteiger partial charge in [0.1, 0.15) is 5.69 Å². The molecule has 7 heteroatoms. The number of nitrogens with zero attached hydrogens (tertiary/aromatic N) is 3. The average molecular weight is 452 g/mol. The first-order chi connectivity index (χ1) is 15.5. The van der Waals surface area contributed by atoms with Gasteiger partial charge in [-0.05, 0) is 42.3 Å². The van der Waals surface area contributed by atoms with Crippen LogP contribution in [-0.4, -0.2) is 33.3 Å². The van der Waals surface area contributed by atoms with E-state index in [1.165, 1.54) is 0 Å². The first-order valence-electron chi connectivity index (χ1n) is 10.9. The number of unbranched alkanes of at least 4 members (excludes halogenated alkanes) is 2. The first kappa shape index (κ1) is 22.1. The number of carboxylic acids is 1. The third-order valence-electron chi connectivity index (χ3n) is 5.80. The lowest BCUT2D eigenvalue weighted by Gasteiger charge is -2.34. The number of carbonyl (C=O) groups excluding carboxylic acids is 1. The van der Waals surface area contributed by atoms with Crippen LogP contribution in [0.3, 0.4) is 0 Å². The van der Waals surface area contributed by atoms with Crippen molar-refractivity contribution in [3.8, 4) is 11.3 Å². The highest BCUT2D eigenvalue weighted by Crippen LogP contribution is 2.32. The molecule has 3 aromatic rings. The van der Waals surface area contributed by atoms with Crippen molar-refractivity contribution in [2.75, 3.05) is 11.4 Å². The minimum atomic E-state index is -0.893. The van der Waals surface area contributed by atoms with Crippen molar-refractivity contribution in [2.24, 2.45) is 0 Å². The molecule has 1 aliphatic heterocycles. The summed E-state index contributed by atoms with van der Waals surface area (Å²) in [6.07, 6.45) is 4.14. The predicted octanol–water partition coefficient (Wildman–Crippen LogP) is 5.61. The first-order valence-corrected chi connectivity index (χ1v) is 11.3. The molecule has 0 radical (unpaired) electrons. The third kappa shape index (κ3) is 4.70. The Balaban J connectivity index is 1.70. The van der Waals surface area contributed by atoms with Crippen LogP contribution < -0.4 is 4.90 Å². The molecule has 4 rings (SSSR count). The van der Waals surface area contributed by atoms with E-state index in [2.05, 4.69) is 6.92 Å². The van der Waals surface area contributed by atoms with Crippen LogP contribution in [0.2, 0.25) is 5.02 Å². The number of anilines is 1. The molecule has 1 aliphatic rings. The number of aromatic nitrogens is 2. The monoisotopic (exact) mass is 451 g/mol. The smallest absolute Gasteiger partial charge is 0.307 e. The minimum Gasteiger partial charge on any atom is -0.481 e. The van der Waals surface area contributed by atoms with Gasteiger partial charge < -0.3 is 10.0 Å². The van der Waals surface area contributed by atoms with E-state index in [1.54, 1.807) is 23.1 Å². The van der Waals surface area contributed by atoms with E-state index in [0.29, 0.717) is 22.8 Å². The van der Waals surface area contributed by atoms with Gasteiger partial charge in [-0.3, -0.25) is 14.3 Å². The molecule has 166 valence electrons. The number of benzene rings is 2. The molecule has 1 aromatic heterocycles. The van der Waals surface area contributed by atoms with Crippen molar-refractivity contribution in [3.05, 3.63) is 70.9 Å². The Kier molecular flexibility index (Phi) is 6.61. The van der Waals surface area contributed by atoms with Gasteiger partial charge in [0, 0.05) is 22.8 Å². The molecule has 1 unspecified atom stereocenters. The zero-order chi connectivity index (χ0) is 22.7. The largest absolute Gasteiger partial charge is 0.481 e. The second-order valence-corrected chi connectivity index (χ2v) is 8.61. The molecular formula is C25H26ClN3O3. The Morgan fingerprint density at radius 2 is 1.94 bits per heavy atom. The number of carbonyl (C=O) groups is 2. The van der Waals surface area contributed by atoms with Crippen LogP contribution in [0.1, 0.15) is 54.7 Å². The summed E-state index contributed by atoms with van der Waals surface area (Å²) in [5.41, 5.74) is 3.59. The van der Waals surface area contributed by atoms with Gasteiger partial charge in [0.05, 0.1) is 18.2 Å². The molecule has 32 heavy (non-hydrogen) atoms. The van der Waals surface area contributed by atoms with E-state index in [1.807, 2.05) is 41.1 Å². The number of hydrogen-bond donors (Lipinski definition) is 1. The number of amides is 1. The van der Waals surface area contributed by atoms with Crippen molar-refractivity contribution in [2.45, 2.75) is 45.1 Å². The number of fused-ring (bicyclic) bond motifs is 1. The molecule has 2 heterocycles. The highest BCUT2D eigenvalue weighted by molar-refractivity contribution is 6.30. The fourth-order valence-corrected chi connectivity index (χ4v) is 4.30. The van der Waals surface area contributed by atoms with Gasteiger partial charge in [0.2, 0.25) is 0 Å². The lowest BCUT2D eigenvalue weighted by Crippen LogP contribution is -2.43. The van der Waals surface area contributed by atoms with E-state index in [0.717, 1.165) is 42.6 Å². The van der Waals surface area contributed by atoms with Crippen LogP contribution in [0.15, 0.2) is 54.6 Å². The van der Waals surface area contributed by atoms with E-state index in [9.17, 15) is 9.59 Å². The van der Waals surface area contributed by atoms with Gasteiger partial charge in [-0.25, -0.2) is 0 Å². The van der Waals surface area contributed by atoms with Gasteiger partial charge in [0.25, 0.3) is 5.91 Å². The maximum Gasteiger partial charge on any atom is 0.307 e.